The van der Waals surface area contributed by atoms with Crippen LogP contribution in [0.1, 0.15) is 46.1 Å². The molecule has 1 fully saturated rings. The lowest BCUT2D eigenvalue weighted by molar-refractivity contribution is -0.128. The number of nitrogens with one attached hydrogen (secondary N) is 3. The number of halogens is 2. The van der Waals surface area contributed by atoms with Gasteiger partial charge in [-0.15, -0.1) is 24.0 Å². The van der Waals surface area contributed by atoms with Crippen LogP contribution in [0.25, 0.3) is 0 Å². The van der Waals surface area contributed by atoms with Gasteiger partial charge in [-0.3, -0.25) is 14.7 Å². The highest BCUT2D eigenvalue weighted by molar-refractivity contribution is 14.0. The molecule has 3 N–H and O–H groups in total. The molecule has 0 unspecified atom stereocenters. The number of benzene rings is 1. The number of nitrogens with zero attached hydrogens (tertiary/aromatic N) is 2. The lowest BCUT2D eigenvalue weighted by Crippen LogP contribution is -2.49. The van der Waals surface area contributed by atoms with Crippen LogP contribution in [-0.4, -0.2) is 62.6 Å². The number of likely N-dealkylation sites (tertiary alicyclic amines) is 1. The van der Waals surface area contributed by atoms with Crippen LogP contribution in [0.4, 0.5) is 4.39 Å². The summed E-state index contributed by atoms with van der Waals surface area (Å²) in [6, 6.07) is 5.46. The molecule has 1 amide bonds. The first-order valence-corrected chi connectivity index (χ1v) is 11.2. The van der Waals surface area contributed by atoms with Crippen molar-refractivity contribution in [3.63, 3.8) is 0 Å². The van der Waals surface area contributed by atoms with E-state index < -0.39 is 5.41 Å². The van der Waals surface area contributed by atoms with E-state index in [1.165, 1.54) is 7.11 Å². The van der Waals surface area contributed by atoms with Gasteiger partial charge in [0.1, 0.15) is 0 Å². The Morgan fingerprint density at radius 1 is 1.22 bits per heavy atom. The van der Waals surface area contributed by atoms with Crippen LogP contribution in [0.3, 0.4) is 0 Å². The van der Waals surface area contributed by atoms with Gasteiger partial charge in [0.15, 0.2) is 17.5 Å². The second-order valence-corrected chi connectivity index (χ2v) is 8.60. The van der Waals surface area contributed by atoms with Crippen molar-refractivity contribution in [2.75, 3.05) is 39.8 Å². The van der Waals surface area contributed by atoms with Crippen molar-refractivity contribution >= 4 is 35.8 Å². The van der Waals surface area contributed by atoms with Gasteiger partial charge in [-0.2, -0.15) is 0 Å². The van der Waals surface area contributed by atoms with Crippen LogP contribution >= 0.6 is 24.0 Å². The van der Waals surface area contributed by atoms with E-state index in [0.29, 0.717) is 19.1 Å². The van der Waals surface area contributed by atoms with Crippen LogP contribution in [-0.2, 0) is 11.3 Å². The molecule has 32 heavy (non-hydrogen) atoms. The van der Waals surface area contributed by atoms with Gasteiger partial charge in [0.25, 0.3) is 0 Å². The summed E-state index contributed by atoms with van der Waals surface area (Å²) in [5, 5.41) is 9.67. The third kappa shape index (κ3) is 8.73. The Morgan fingerprint density at radius 3 is 2.44 bits per heavy atom. The van der Waals surface area contributed by atoms with E-state index in [-0.39, 0.29) is 41.5 Å². The molecule has 9 heteroatoms. The molecule has 0 saturated carbocycles. The molecule has 0 spiro atoms. The zero-order chi connectivity index (χ0) is 22.9. The number of methoxy groups -OCH3 is 1. The molecule has 0 atom stereocenters. The Kier molecular flexibility index (Phi) is 12.3. The quantitative estimate of drug-likeness (QED) is 0.245. The molecule has 2 rings (SSSR count). The van der Waals surface area contributed by atoms with Crippen LogP contribution in [0.2, 0.25) is 0 Å². The van der Waals surface area contributed by atoms with E-state index in [0.717, 1.165) is 50.5 Å². The molecule has 0 aliphatic carbocycles. The molecule has 1 aromatic carbocycles. The standard InChI is InChI=1S/C23H38FN5O2.HI/c1-6-25-21(30)23(3,4)16-27-22(26-7-2)28-18-10-12-29(13-11-18)15-17-8-9-20(31-5)19(24)14-17;/h8-9,14,18H,6-7,10-13,15-16H2,1-5H3,(H,25,30)(H2,26,27,28);1H. The smallest absolute Gasteiger partial charge is 0.227 e. The maximum absolute atomic E-state index is 13.9. The van der Waals surface area contributed by atoms with Gasteiger partial charge >= 0.3 is 0 Å². The summed E-state index contributed by atoms with van der Waals surface area (Å²) >= 11 is 0. The van der Waals surface area contributed by atoms with Gasteiger partial charge in [0.05, 0.1) is 19.1 Å². The summed E-state index contributed by atoms with van der Waals surface area (Å²) in [6.45, 7) is 12.1. The number of hydrogen-bond donors (Lipinski definition) is 3. The number of carbonyl (C=O) groups excluding carboxylic acids is 1. The average molecular weight is 564 g/mol. The molecular weight excluding hydrogens is 524 g/mol. The van der Waals surface area contributed by atoms with E-state index in [1.807, 2.05) is 33.8 Å². The summed E-state index contributed by atoms with van der Waals surface area (Å²) in [6.07, 6.45) is 1.95. The molecule has 1 saturated heterocycles. The third-order valence-corrected chi connectivity index (χ3v) is 5.48. The Morgan fingerprint density at radius 2 is 1.88 bits per heavy atom. The van der Waals surface area contributed by atoms with Crippen molar-refractivity contribution in [1.29, 1.82) is 0 Å². The molecule has 0 aromatic heterocycles. The fourth-order valence-electron chi connectivity index (χ4n) is 3.56. The number of carbonyl (C=O) groups is 1. The highest BCUT2D eigenvalue weighted by atomic mass is 127. The number of piperidine rings is 1. The maximum Gasteiger partial charge on any atom is 0.227 e. The fourth-order valence-corrected chi connectivity index (χ4v) is 3.56. The van der Waals surface area contributed by atoms with Crippen molar-refractivity contribution in [1.82, 2.24) is 20.9 Å². The molecule has 1 heterocycles. The van der Waals surface area contributed by atoms with Gasteiger partial charge in [0.2, 0.25) is 5.91 Å². The topological polar surface area (TPSA) is 78.0 Å². The zero-order valence-corrected chi connectivity index (χ0v) is 22.3. The Hall–Kier alpha value is -1.62. The number of hydrogen-bond acceptors (Lipinski definition) is 4. The van der Waals surface area contributed by atoms with Gasteiger partial charge < -0.3 is 20.7 Å². The van der Waals surface area contributed by atoms with E-state index in [1.54, 1.807) is 12.1 Å². The number of rotatable bonds is 9. The second-order valence-electron chi connectivity index (χ2n) is 8.60. The normalized spacial score (nSPS) is 15.6. The zero-order valence-electron chi connectivity index (χ0n) is 20.0. The summed E-state index contributed by atoms with van der Waals surface area (Å²) in [7, 11) is 1.47. The van der Waals surface area contributed by atoms with Crippen LogP contribution in [0.15, 0.2) is 23.2 Å². The van der Waals surface area contributed by atoms with E-state index in [4.69, 9.17) is 4.74 Å². The maximum atomic E-state index is 13.9. The molecule has 1 aromatic rings. The summed E-state index contributed by atoms with van der Waals surface area (Å²) in [4.78, 5) is 19.2. The molecule has 0 bridgehead atoms. The number of guanidine groups is 1. The number of aliphatic imine (C=N–C) groups is 1. The minimum Gasteiger partial charge on any atom is -0.494 e. The monoisotopic (exact) mass is 563 g/mol. The SMILES string of the molecule is CCNC(=O)C(C)(C)CN=C(NCC)NC1CCN(Cc2ccc(OC)c(F)c2)CC1.I. The molecular formula is C23H39FIN5O2. The lowest BCUT2D eigenvalue weighted by Gasteiger charge is -2.33. The van der Waals surface area contributed by atoms with Crippen molar-refractivity contribution < 1.29 is 13.9 Å². The highest BCUT2D eigenvalue weighted by Gasteiger charge is 2.27. The van der Waals surface area contributed by atoms with Crippen molar-refractivity contribution in [3.05, 3.63) is 29.6 Å². The number of amides is 1. The molecule has 1 aliphatic heterocycles. The lowest BCUT2D eigenvalue weighted by atomic mass is 9.92. The first-order valence-electron chi connectivity index (χ1n) is 11.2. The minimum absolute atomic E-state index is 0. The average Bonchev–Trinajstić information content (AvgIpc) is 2.74. The Balaban J connectivity index is 0.00000512. The van der Waals surface area contributed by atoms with E-state index >= 15 is 0 Å². The van der Waals surface area contributed by atoms with E-state index in [9.17, 15) is 9.18 Å². The molecule has 0 radical (unpaired) electrons. The van der Waals surface area contributed by atoms with Crippen LogP contribution < -0.4 is 20.7 Å². The first kappa shape index (κ1) is 28.4. The highest BCUT2D eigenvalue weighted by Crippen LogP contribution is 2.20. The molecule has 182 valence electrons. The van der Waals surface area contributed by atoms with Crippen molar-refractivity contribution in [2.24, 2.45) is 10.4 Å². The fraction of sp³-hybridized carbons (Fsp3) is 0.652. The van der Waals surface area contributed by atoms with Gasteiger partial charge in [-0.25, -0.2) is 4.39 Å². The molecule has 1 aliphatic rings. The third-order valence-electron chi connectivity index (χ3n) is 5.48. The predicted octanol–water partition coefficient (Wildman–Crippen LogP) is 3.13. The van der Waals surface area contributed by atoms with Crippen molar-refractivity contribution in [3.8, 4) is 5.75 Å². The first-order chi connectivity index (χ1) is 14.8. The summed E-state index contributed by atoms with van der Waals surface area (Å²) in [5.41, 5.74) is 0.391. The minimum atomic E-state index is -0.560. The van der Waals surface area contributed by atoms with Gasteiger partial charge in [-0.05, 0) is 58.2 Å². The van der Waals surface area contributed by atoms with Gasteiger partial charge in [0, 0.05) is 38.8 Å². The van der Waals surface area contributed by atoms with E-state index in [2.05, 4.69) is 25.8 Å². The molecule has 7 nitrogen and oxygen atoms in total. The second kappa shape index (κ2) is 13.8. The predicted molar refractivity (Wildman–Crippen MR) is 138 cm³/mol. The van der Waals surface area contributed by atoms with Crippen LogP contribution in [0.5, 0.6) is 5.75 Å². The van der Waals surface area contributed by atoms with Crippen LogP contribution in [0, 0.1) is 11.2 Å². The Labute approximate surface area is 209 Å². The van der Waals surface area contributed by atoms with Crippen molar-refractivity contribution in [2.45, 2.75) is 53.1 Å². The van der Waals surface area contributed by atoms with Gasteiger partial charge in [-0.1, -0.05) is 6.07 Å². The number of ether oxygens (including phenoxy) is 1. The largest absolute Gasteiger partial charge is 0.494 e. The summed E-state index contributed by atoms with van der Waals surface area (Å²) < 4.78 is 18.9. The Bertz CT molecular complexity index is 752. The summed E-state index contributed by atoms with van der Waals surface area (Å²) in [5.74, 6) is 0.712.